The molecule has 0 aromatic heterocycles. The lowest BCUT2D eigenvalue weighted by molar-refractivity contribution is 0.411. The third kappa shape index (κ3) is 2.45. The van der Waals surface area contributed by atoms with Gasteiger partial charge in [0.15, 0.2) is 0 Å². The molecule has 2 nitrogen and oxygen atoms in total. The molecule has 0 bridgehead atoms. The number of hydrogen-bond acceptors (Lipinski definition) is 2. The maximum Gasteiger partial charge on any atom is 0.128 e. The Morgan fingerprint density at radius 1 is 1.50 bits per heavy atom. The van der Waals surface area contributed by atoms with Crippen molar-refractivity contribution in [1.82, 2.24) is 0 Å². The van der Waals surface area contributed by atoms with Gasteiger partial charge in [-0.05, 0) is 24.6 Å². The lowest BCUT2D eigenvalue weighted by Gasteiger charge is -2.12. The zero-order chi connectivity index (χ0) is 10.6. The second kappa shape index (κ2) is 4.96. The van der Waals surface area contributed by atoms with Crippen molar-refractivity contribution in [1.29, 1.82) is 0 Å². The Balaban J connectivity index is 2.93. The number of ether oxygens (including phenoxy) is 1. The van der Waals surface area contributed by atoms with E-state index >= 15 is 0 Å². The van der Waals surface area contributed by atoms with E-state index in [9.17, 15) is 4.39 Å². The number of hydrogen-bond donors (Lipinski definition) is 1. The Morgan fingerprint density at radius 3 is 2.79 bits per heavy atom. The summed E-state index contributed by atoms with van der Waals surface area (Å²) >= 11 is 0. The fraction of sp³-hybridized carbons (Fsp3) is 0.455. The van der Waals surface area contributed by atoms with Crippen LogP contribution in [0.3, 0.4) is 0 Å². The van der Waals surface area contributed by atoms with Gasteiger partial charge >= 0.3 is 0 Å². The predicted octanol–water partition coefficient (Wildman–Crippen LogP) is 2.63. The Labute approximate surface area is 83.9 Å². The molecule has 0 saturated heterocycles. The van der Waals surface area contributed by atoms with Crippen molar-refractivity contribution in [3.63, 3.8) is 0 Å². The van der Waals surface area contributed by atoms with E-state index in [0.29, 0.717) is 11.3 Å². The molecule has 78 valence electrons. The second-order valence-electron chi connectivity index (χ2n) is 3.28. The molecule has 1 atom stereocenters. The molecule has 3 heteroatoms. The van der Waals surface area contributed by atoms with Gasteiger partial charge in [-0.25, -0.2) is 4.39 Å². The van der Waals surface area contributed by atoms with E-state index in [4.69, 9.17) is 10.5 Å². The molecule has 0 aliphatic rings. The minimum atomic E-state index is -0.258. The van der Waals surface area contributed by atoms with Crippen LogP contribution < -0.4 is 10.5 Å². The molecule has 0 fully saturated rings. The van der Waals surface area contributed by atoms with Gasteiger partial charge in [-0.2, -0.15) is 0 Å². The highest BCUT2D eigenvalue weighted by Crippen LogP contribution is 2.23. The van der Waals surface area contributed by atoms with Gasteiger partial charge < -0.3 is 10.5 Å². The minimum absolute atomic E-state index is 0.241. The molecule has 2 N–H and O–H groups in total. The zero-order valence-electron chi connectivity index (χ0n) is 8.59. The van der Waals surface area contributed by atoms with Gasteiger partial charge in [0, 0.05) is 11.6 Å². The van der Waals surface area contributed by atoms with Gasteiger partial charge in [-0.3, -0.25) is 0 Å². The van der Waals surface area contributed by atoms with Crippen LogP contribution >= 0.6 is 0 Å². The van der Waals surface area contributed by atoms with E-state index in [-0.39, 0.29) is 11.9 Å². The first-order chi connectivity index (χ1) is 6.69. The van der Waals surface area contributed by atoms with E-state index in [1.54, 1.807) is 19.2 Å². The number of nitrogens with two attached hydrogens (primary N) is 1. The molecule has 0 aliphatic heterocycles. The fourth-order valence-electron chi connectivity index (χ4n) is 1.40. The molecule has 0 saturated carbocycles. The van der Waals surface area contributed by atoms with Crippen LogP contribution in [0.2, 0.25) is 0 Å². The van der Waals surface area contributed by atoms with Crippen LogP contribution in [0.15, 0.2) is 18.2 Å². The van der Waals surface area contributed by atoms with Crippen molar-refractivity contribution >= 4 is 0 Å². The SMILES string of the molecule is CCC[C@H](N)c1cc(OC)ccc1F. The van der Waals surface area contributed by atoms with Crippen molar-refractivity contribution in [3.05, 3.63) is 29.6 Å². The van der Waals surface area contributed by atoms with Crippen molar-refractivity contribution in [2.75, 3.05) is 7.11 Å². The maximum absolute atomic E-state index is 13.3. The van der Waals surface area contributed by atoms with Crippen molar-refractivity contribution in [2.24, 2.45) is 5.73 Å². The van der Waals surface area contributed by atoms with Crippen LogP contribution in [-0.2, 0) is 0 Å². The van der Waals surface area contributed by atoms with Gasteiger partial charge in [-0.15, -0.1) is 0 Å². The zero-order valence-corrected chi connectivity index (χ0v) is 8.59. The largest absolute Gasteiger partial charge is 0.497 e. The van der Waals surface area contributed by atoms with Crippen LogP contribution in [0.5, 0.6) is 5.75 Å². The smallest absolute Gasteiger partial charge is 0.128 e. The fourth-order valence-corrected chi connectivity index (χ4v) is 1.40. The van der Waals surface area contributed by atoms with Gasteiger partial charge in [0.25, 0.3) is 0 Å². The Hall–Kier alpha value is -1.09. The van der Waals surface area contributed by atoms with E-state index in [1.165, 1.54) is 6.07 Å². The highest BCUT2D eigenvalue weighted by molar-refractivity contribution is 5.31. The van der Waals surface area contributed by atoms with Gasteiger partial charge in [0.05, 0.1) is 7.11 Å². The summed E-state index contributed by atoms with van der Waals surface area (Å²) in [4.78, 5) is 0. The van der Waals surface area contributed by atoms with E-state index in [1.807, 2.05) is 6.92 Å². The summed E-state index contributed by atoms with van der Waals surface area (Å²) in [7, 11) is 1.56. The van der Waals surface area contributed by atoms with Crippen LogP contribution in [0, 0.1) is 5.82 Å². The molecule has 0 heterocycles. The maximum atomic E-state index is 13.3. The lowest BCUT2D eigenvalue weighted by Crippen LogP contribution is -2.11. The topological polar surface area (TPSA) is 35.2 Å². The van der Waals surface area contributed by atoms with E-state index in [0.717, 1.165) is 12.8 Å². The van der Waals surface area contributed by atoms with Gasteiger partial charge in [0.1, 0.15) is 11.6 Å². The van der Waals surface area contributed by atoms with E-state index in [2.05, 4.69) is 0 Å². The number of halogens is 1. The molecule has 0 radical (unpaired) electrons. The highest BCUT2D eigenvalue weighted by atomic mass is 19.1. The average molecular weight is 197 g/mol. The van der Waals surface area contributed by atoms with Crippen molar-refractivity contribution in [3.8, 4) is 5.75 Å². The molecular formula is C11H16FNO. The second-order valence-corrected chi connectivity index (χ2v) is 3.28. The molecule has 0 unspecified atom stereocenters. The van der Waals surface area contributed by atoms with Crippen LogP contribution in [0.4, 0.5) is 4.39 Å². The van der Waals surface area contributed by atoms with Crippen LogP contribution in [0.1, 0.15) is 31.4 Å². The molecule has 1 aromatic rings. The predicted molar refractivity (Wildman–Crippen MR) is 54.8 cm³/mol. The summed E-state index contributed by atoms with van der Waals surface area (Å²) in [5.41, 5.74) is 6.37. The monoisotopic (exact) mass is 197 g/mol. The van der Waals surface area contributed by atoms with Crippen LogP contribution in [0.25, 0.3) is 0 Å². The molecule has 1 rings (SSSR count). The Kier molecular flexibility index (Phi) is 3.89. The van der Waals surface area contributed by atoms with Gasteiger partial charge in [-0.1, -0.05) is 13.3 Å². The summed E-state index contributed by atoms with van der Waals surface area (Å²) in [5.74, 6) is 0.389. The summed E-state index contributed by atoms with van der Waals surface area (Å²) < 4.78 is 18.4. The first-order valence-electron chi connectivity index (χ1n) is 4.78. The third-order valence-corrected chi connectivity index (χ3v) is 2.20. The standard InChI is InChI=1S/C11H16FNO/c1-3-4-11(13)9-7-8(14-2)5-6-10(9)12/h5-7,11H,3-4,13H2,1-2H3/t11-/m0/s1. The van der Waals surface area contributed by atoms with E-state index < -0.39 is 0 Å². The first-order valence-corrected chi connectivity index (χ1v) is 4.78. The molecule has 14 heavy (non-hydrogen) atoms. The third-order valence-electron chi connectivity index (χ3n) is 2.20. The van der Waals surface area contributed by atoms with Crippen molar-refractivity contribution in [2.45, 2.75) is 25.8 Å². The van der Waals surface area contributed by atoms with Crippen LogP contribution in [-0.4, -0.2) is 7.11 Å². The van der Waals surface area contributed by atoms with Crippen molar-refractivity contribution < 1.29 is 9.13 Å². The summed E-state index contributed by atoms with van der Waals surface area (Å²) in [6.45, 7) is 2.03. The Bertz CT molecular complexity index is 301. The highest BCUT2D eigenvalue weighted by Gasteiger charge is 2.11. The lowest BCUT2D eigenvalue weighted by atomic mass is 10.0. The molecule has 0 amide bonds. The molecule has 0 spiro atoms. The Morgan fingerprint density at radius 2 is 2.21 bits per heavy atom. The quantitative estimate of drug-likeness (QED) is 0.805. The van der Waals surface area contributed by atoms with Gasteiger partial charge in [0.2, 0.25) is 0 Å². The minimum Gasteiger partial charge on any atom is -0.497 e. The average Bonchev–Trinajstić information content (AvgIpc) is 2.19. The summed E-state index contributed by atoms with van der Waals surface area (Å²) in [6.07, 6.45) is 1.72. The number of methoxy groups -OCH3 is 1. The number of benzene rings is 1. The summed E-state index contributed by atoms with van der Waals surface area (Å²) in [5, 5.41) is 0. The number of rotatable bonds is 4. The molecular weight excluding hydrogens is 181 g/mol. The molecule has 1 aromatic carbocycles. The first kappa shape index (κ1) is 11.0. The molecule has 0 aliphatic carbocycles. The summed E-state index contributed by atoms with van der Waals surface area (Å²) in [6, 6.07) is 4.41. The normalized spacial score (nSPS) is 12.6.